The van der Waals surface area contributed by atoms with Crippen molar-refractivity contribution in [2.24, 2.45) is 0 Å². The Morgan fingerprint density at radius 1 is 1.15 bits per heavy atom. The van der Waals surface area contributed by atoms with Gasteiger partial charge in [-0.25, -0.2) is 4.98 Å². The van der Waals surface area contributed by atoms with E-state index in [2.05, 4.69) is 9.97 Å². The SMILES string of the molecule is CC(C(=O)c1ccccn1)c1nc2cc(C(F)(F)F)c(Cl)cc2n1-c1ccc(CCO)cc1. The minimum atomic E-state index is -4.64. The molecule has 1 unspecified atom stereocenters. The van der Waals surface area contributed by atoms with Crippen LogP contribution in [0.5, 0.6) is 0 Å². The molecule has 9 heteroatoms. The number of rotatable bonds is 6. The van der Waals surface area contributed by atoms with Crippen molar-refractivity contribution in [1.29, 1.82) is 0 Å². The third-order valence-corrected chi connectivity index (χ3v) is 5.68. The topological polar surface area (TPSA) is 68.0 Å². The van der Waals surface area contributed by atoms with E-state index in [0.29, 0.717) is 17.6 Å². The first kappa shape index (κ1) is 22.9. The lowest BCUT2D eigenvalue weighted by Gasteiger charge is -2.15. The first-order valence-corrected chi connectivity index (χ1v) is 10.5. The van der Waals surface area contributed by atoms with Gasteiger partial charge >= 0.3 is 6.18 Å². The minimum absolute atomic E-state index is 0.00988. The van der Waals surface area contributed by atoms with Crippen LogP contribution in [0.2, 0.25) is 5.02 Å². The van der Waals surface area contributed by atoms with Crippen molar-refractivity contribution in [2.75, 3.05) is 6.61 Å². The number of imidazole rings is 1. The molecule has 4 aromatic rings. The number of carbonyl (C=O) groups is 1. The zero-order valence-electron chi connectivity index (χ0n) is 17.5. The van der Waals surface area contributed by atoms with Gasteiger partial charge in [-0.1, -0.05) is 29.8 Å². The van der Waals surface area contributed by atoms with E-state index in [-0.39, 0.29) is 29.4 Å². The fourth-order valence-corrected chi connectivity index (χ4v) is 3.95. The summed E-state index contributed by atoms with van der Waals surface area (Å²) in [6.07, 6.45) is -2.68. The molecule has 2 heterocycles. The normalized spacial score (nSPS) is 12.8. The van der Waals surface area contributed by atoms with Gasteiger partial charge in [0.2, 0.25) is 0 Å². The molecule has 0 bridgehead atoms. The predicted molar refractivity (Wildman–Crippen MR) is 119 cm³/mol. The Labute approximate surface area is 192 Å². The van der Waals surface area contributed by atoms with E-state index < -0.39 is 22.7 Å². The van der Waals surface area contributed by atoms with Crippen molar-refractivity contribution in [3.8, 4) is 5.69 Å². The molecule has 0 saturated carbocycles. The second-order valence-electron chi connectivity index (χ2n) is 7.56. The molecular weight excluding hydrogens is 455 g/mol. The van der Waals surface area contributed by atoms with Gasteiger partial charge in [-0.3, -0.25) is 14.3 Å². The lowest BCUT2D eigenvalue weighted by molar-refractivity contribution is -0.137. The summed E-state index contributed by atoms with van der Waals surface area (Å²) in [5.74, 6) is -0.838. The number of ketones is 1. The molecule has 0 saturated heterocycles. The molecule has 4 rings (SSSR count). The first-order chi connectivity index (χ1) is 15.7. The molecular formula is C24H19ClF3N3O2. The van der Waals surface area contributed by atoms with Gasteiger partial charge < -0.3 is 5.11 Å². The van der Waals surface area contributed by atoms with Gasteiger partial charge in [-0.2, -0.15) is 13.2 Å². The van der Waals surface area contributed by atoms with Crippen LogP contribution in [0.3, 0.4) is 0 Å². The van der Waals surface area contributed by atoms with Crippen molar-refractivity contribution in [1.82, 2.24) is 14.5 Å². The second kappa shape index (κ2) is 8.96. The fraction of sp³-hybridized carbons (Fsp3) is 0.208. The summed E-state index contributed by atoms with van der Waals surface area (Å²) in [5.41, 5.74) is 1.15. The van der Waals surface area contributed by atoms with Gasteiger partial charge in [-0.05, 0) is 55.3 Å². The van der Waals surface area contributed by atoms with Crippen LogP contribution in [0.25, 0.3) is 16.7 Å². The van der Waals surface area contributed by atoms with E-state index in [9.17, 15) is 18.0 Å². The van der Waals surface area contributed by atoms with E-state index in [1.54, 1.807) is 54.0 Å². The Bertz CT molecular complexity index is 1300. The Kier molecular flexibility index (Phi) is 6.23. The largest absolute Gasteiger partial charge is 0.417 e. The molecule has 0 aliphatic heterocycles. The summed E-state index contributed by atoms with van der Waals surface area (Å²) in [5, 5.41) is 8.70. The third-order valence-electron chi connectivity index (χ3n) is 5.37. The summed E-state index contributed by atoms with van der Waals surface area (Å²) < 4.78 is 41.9. The lowest BCUT2D eigenvalue weighted by Crippen LogP contribution is -2.16. The summed E-state index contributed by atoms with van der Waals surface area (Å²) in [4.78, 5) is 21.6. The monoisotopic (exact) mass is 473 g/mol. The van der Waals surface area contributed by atoms with Crippen molar-refractivity contribution in [3.05, 3.63) is 88.5 Å². The molecule has 2 aromatic heterocycles. The number of Topliss-reactive ketones (excluding diaryl/α,β-unsaturated/α-hetero) is 1. The van der Waals surface area contributed by atoms with E-state index in [0.717, 1.165) is 11.6 Å². The van der Waals surface area contributed by atoms with Gasteiger partial charge in [0.25, 0.3) is 0 Å². The Morgan fingerprint density at radius 2 is 1.88 bits per heavy atom. The number of aliphatic hydroxyl groups excluding tert-OH is 1. The van der Waals surface area contributed by atoms with Gasteiger partial charge in [0.1, 0.15) is 11.5 Å². The standard InChI is InChI=1S/C24H19ClF3N3O2/c1-14(22(33)19-4-2-3-10-29-19)23-30-20-12-17(24(26,27)28)18(25)13-21(20)31(23)16-7-5-15(6-8-16)9-11-32/h2-8,10,12-14,32H,9,11H2,1H3. The Hall–Kier alpha value is -3.23. The average molecular weight is 474 g/mol. The van der Waals surface area contributed by atoms with Gasteiger partial charge in [-0.15, -0.1) is 0 Å². The highest BCUT2D eigenvalue weighted by atomic mass is 35.5. The van der Waals surface area contributed by atoms with E-state index in [4.69, 9.17) is 16.7 Å². The molecule has 0 aliphatic rings. The number of alkyl halides is 3. The zero-order valence-corrected chi connectivity index (χ0v) is 18.2. The van der Waals surface area contributed by atoms with Gasteiger partial charge in [0, 0.05) is 18.5 Å². The lowest BCUT2D eigenvalue weighted by atomic mass is 10.0. The van der Waals surface area contributed by atoms with Crippen molar-refractivity contribution >= 4 is 28.4 Å². The maximum atomic E-state index is 13.4. The first-order valence-electron chi connectivity index (χ1n) is 10.1. The molecule has 0 aliphatic carbocycles. The number of aromatic nitrogens is 3. The summed E-state index contributed by atoms with van der Waals surface area (Å²) in [7, 11) is 0. The molecule has 170 valence electrons. The van der Waals surface area contributed by atoms with Crippen LogP contribution in [0.1, 0.15) is 40.3 Å². The molecule has 1 atom stereocenters. The summed E-state index contributed by atoms with van der Waals surface area (Å²) >= 11 is 6.00. The van der Waals surface area contributed by atoms with Crippen molar-refractivity contribution in [2.45, 2.75) is 25.4 Å². The number of hydrogen-bond acceptors (Lipinski definition) is 4. The van der Waals surface area contributed by atoms with E-state index >= 15 is 0 Å². The van der Waals surface area contributed by atoms with E-state index in [1.165, 1.54) is 12.3 Å². The molecule has 5 nitrogen and oxygen atoms in total. The zero-order chi connectivity index (χ0) is 23.8. The highest BCUT2D eigenvalue weighted by Crippen LogP contribution is 2.38. The molecule has 0 radical (unpaired) electrons. The molecule has 33 heavy (non-hydrogen) atoms. The maximum Gasteiger partial charge on any atom is 0.417 e. The second-order valence-corrected chi connectivity index (χ2v) is 7.97. The van der Waals surface area contributed by atoms with Crippen LogP contribution >= 0.6 is 11.6 Å². The maximum absolute atomic E-state index is 13.4. The minimum Gasteiger partial charge on any atom is -0.396 e. The number of fused-ring (bicyclic) bond motifs is 1. The van der Waals surface area contributed by atoms with Crippen LogP contribution in [-0.2, 0) is 12.6 Å². The summed E-state index contributed by atoms with van der Waals surface area (Å²) in [6.45, 7) is 1.63. The van der Waals surface area contributed by atoms with E-state index in [1.807, 2.05) is 0 Å². The number of hydrogen-bond donors (Lipinski definition) is 1. The van der Waals surface area contributed by atoms with Crippen molar-refractivity contribution < 1.29 is 23.1 Å². The molecule has 0 spiro atoms. The number of pyridine rings is 1. The highest BCUT2D eigenvalue weighted by Gasteiger charge is 2.35. The van der Waals surface area contributed by atoms with Gasteiger partial charge in [0.05, 0.1) is 27.5 Å². The molecule has 2 aromatic carbocycles. The average Bonchev–Trinajstić information content (AvgIpc) is 3.16. The summed E-state index contributed by atoms with van der Waals surface area (Å²) in [6, 6.07) is 14.2. The van der Waals surface area contributed by atoms with Crippen LogP contribution in [0, 0.1) is 0 Å². The molecule has 0 amide bonds. The Morgan fingerprint density at radius 3 is 2.48 bits per heavy atom. The molecule has 0 fully saturated rings. The number of nitrogens with zero attached hydrogens (tertiary/aromatic N) is 3. The number of halogens is 4. The van der Waals surface area contributed by atoms with Crippen molar-refractivity contribution in [3.63, 3.8) is 0 Å². The number of carbonyl (C=O) groups excluding carboxylic acids is 1. The quantitative estimate of drug-likeness (QED) is 0.369. The smallest absolute Gasteiger partial charge is 0.396 e. The third kappa shape index (κ3) is 4.49. The van der Waals surface area contributed by atoms with Crippen LogP contribution in [0.15, 0.2) is 60.8 Å². The predicted octanol–water partition coefficient (Wildman–Crippen LogP) is 5.61. The van der Waals surface area contributed by atoms with Gasteiger partial charge in [0.15, 0.2) is 5.78 Å². The highest BCUT2D eigenvalue weighted by molar-refractivity contribution is 6.32. The van der Waals surface area contributed by atoms with Crippen LogP contribution in [-0.4, -0.2) is 32.0 Å². The van der Waals surface area contributed by atoms with Crippen LogP contribution in [0.4, 0.5) is 13.2 Å². The number of aliphatic hydroxyl groups is 1. The Balaban J connectivity index is 1.92. The van der Waals surface area contributed by atoms with Crippen LogP contribution < -0.4 is 0 Å². The molecule has 1 N–H and O–H groups in total. The number of benzene rings is 2. The fourth-order valence-electron chi connectivity index (χ4n) is 3.68.